The van der Waals surface area contributed by atoms with Crippen LogP contribution in [0.25, 0.3) is 11.0 Å². The molecule has 1 aliphatic rings. The van der Waals surface area contributed by atoms with Gasteiger partial charge >= 0.3 is 0 Å². The number of carbonyl (C=O) groups excluding carboxylic acids is 1. The minimum Gasteiger partial charge on any atom is -0.490 e. The third-order valence-electron chi connectivity index (χ3n) is 6.68. The number of hydrogen-bond acceptors (Lipinski definition) is 5. The third-order valence-corrected chi connectivity index (χ3v) is 6.68. The Kier molecular flexibility index (Phi) is 6.99. The van der Waals surface area contributed by atoms with Gasteiger partial charge in [-0.1, -0.05) is 55.7 Å². The minimum absolute atomic E-state index is 0.0760. The van der Waals surface area contributed by atoms with Gasteiger partial charge in [0.25, 0.3) is 5.91 Å². The maximum absolute atomic E-state index is 13.8. The van der Waals surface area contributed by atoms with Crippen LogP contribution < -0.4 is 19.8 Å². The number of unbranched alkanes of at least 4 members (excludes halogenated alkanes) is 2. The fourth-order valence-corrected chi connectivity index (χ4v) is 4.82. The zero-order valence-corrected chi connectivity index (χ0v) is 21.5. The second-order valence-corrected chi connectivity index (χ2v) is 9.28. The molecule has 37 heavy (non-hydrogen) atoms. The van der Waals surface area contributed by atoms with E-state index in [2.05, 4.69) is 6.92 Å². The van der Waals surface area contributed by atoms with Gasteiger partial charge < -0.3 is 13.9 Å². The molecule has 1 atom stereocenters. The lowest BCUT2D eigenvalue weighted by Gasteiger charge is -2.26. The molecule has 1 aliphatic heterocycles. The number of para-hydroxylation sites is 1. The Hall–Kier alpha value is -4.06. The van der Waals surface area contributed by atoms with E-state index in [0.29, 0.717) is 46.9 Å². The monoisotopic (exact) mass is 497 g/mol. The van der Waals surface area contributed by atoms with Gasteiger partial charge in [-0.05, 0) is 62.2 Å². The van der Waals surface area contributed by atoms with Crippen LogP contribution >= 0.6 is 0 Å². The number of carbonyl (C=O) groups is 1. The van der Waals surface area contributed by atoms with E-state index in [1.165, 1.54) is 0 Å². The van der Waals surface area contributed by atoms with Crippen molar-refractivity contribution in [2.24, 2.45) is 0 Å². The van der Waals surface area contributed by atoms with Crippen molar-refractivity contribution in [2.75, 3.05) is 18.1 Å². The molecule has 6 nitrogen and oxygen atoms in total. The van der Waals surface area contributed by atoms with Crippen LogP contribution in [0.1, 0.15) is 66.4 Å². The van der Waals surface area contributed by atoms with Crippen molar-refractivity contribution >= 4 is 22.6 Å². The van der Waals surface area contributed by atoms with Crippen molar-refractivity contribution in [1.82, 2.24) is 0 Å². The lowest BCUT2D eigenvalue weighted by atomic mass is 9.97. The number of nitrogens with zero attached hydrogens (tertiary/aromatic N) is 1. The molecule has 5 rings (SSSR count). The molecule has 1 unspecified atom stereocenters. The van der Waals surface area contributed by atoms with E-state index in [4.69, 9.17) is 13.9 Å². The van der Waals surface area contributed by atoms with Crippen molar-refractivity contribution in [1.29, 1.82) is 0 Å². The normalized spacial score (nSPS) is 14.7. The second kappa shape index (κ2) is 10.5. The smallest absolute Gasteiger partial charge is 0.295 e. The highest BCUT2D eigenvalue weighted by Gasteiger charge is 2.43. The zero-order valence-electron chi connectivity index (χ0n) is 21.5. The lowest BCUT2D eigenvalue weighted by molar-refractivity contribution is 0.0971. The fourth-order valence-electron chi connectivity index (χ4n) is 4.82. The Morgan fingerprint density at radius 3 is 2.43 bits per heavy atom. The Morgan fingerprint density at radius 1 is 0.892 bits per heavy atom. The molecule has 0 saturated carbocycles. The first-order valence-electron chi connectivity index (χ1n) is 12.9. The molecule has 1 aromatic heterocycles. The maximum atomic E-state index is 13.8. The number of benzene rings is 3. The highest BCUT2D eigenvalue weighted by Crippen LogP contribution is 2.43. The lowest BCUT2D eigenvalue weighted by Crippen LogP contribution is -2.29. The van der Waals surface area contributed by atoms with Gasteiger partial charge in [0, 0.05) is 5.69 Å². The van der Waals surface area contributed by atoms with E-state index in [0.717, 1.165) is 30.4 Å². The highest BCUT2D eigenvalue weighted by atomic mass is 16.5. The van der Waals surface area contributed by atoms with Crippen molar-refractivity contribution < 1.29 is 18.7 Å². The summed E-state index contributed by atoms with van der Waals surface area (Å²) in [6.45, 7) is 7.13. The standard InChI is InChI=1S/C31H31NO5/c1-4-6-9-18-36-25-17-14-21(19-26(25)35-5-2)28-27-29(33)23-10-7-8-11-24(23)37-30(27)31(34)32(28)22-15-12-20(3)13-16-22/h7-8,10-17,19,28H,4-6,9,18H2,1-3H3. The molecule has 6 heteroatoms. The van der Waals surface area contributed by atoms with Gasteiger partial charge in [0.2, 0.25) is 5.76 Å². The molecular weight excluding hydrogens is 466 g/mol. The molecule has 3 aromatic carbocycles. The van der Waals surface area contributed by atoms with Crippen molar-refractivity contribution in [3.05, 3.63) is 99.4 Å². The van der Waals surface area contributed by atoms with Crippen LogP contribution in [0.15, 0.2) is 75.9 Å². The molecule has 0 bridgehead atoms. The number of aryl methyl sites for hydroxylation is 1. The van der Waals surface area contributed by atoms with E-state index in [1.54, 1.807) is 29.2 Å². The van der Waals surface area contributed by atoms with E-state index < -0.39 is 6.04 Å². The van der Waals surface area contributed by atoms with Gasteiger partial charge in [-0.2, -0.15) is 0 Å². The molecule has 4 aromatic rings. The van der Waals surface area contributed by atoms with Gasteiger partial charge in [0.15, 0.2) is 16.9 Å². The Labute approximate surface area is 216 Å². The van der Waals surface area contributed by atoms with Gasteiger partial charge in [-0.15, -0.1) is 0 Å². The van der Waals surface area contributed by atoms with E-state index in [9.17, 15) is 9.59 Å². The maximum Gasteiger partial charge on any atom is 0.295 e. The summed E-state index contributed by atoms with van der Waals surface area (Å²) in [6, 6.07) is 19.7. The number of hydrogen-bond donors (Lipinski definition) is 0. The van der Waals surface area contributed by atoms with Crippen molar-refractivity contribution in [2.45, 2.75) is 46.1 Å². The zero-order chi connectivity index (χ0) is 25.9. The summed E-state index contributed by atoms with van der Waals surface area (Å²) >= 11 is 0. The molecule has 0 spiro atoms. The molecule has 2 heterocycles. The molecule has 0 saturated heterocycles. The summed E-state index contributed by atoms with van der Waals surface area (Å²) < 4.78 is 18.0. The first kappa shape index (κ1) is 24.6. The summed E-state index contributed by atoms with van der Waals surface area (Å²) in [6.07, 6.45) is 3.17. The van der Waals surface area contributed by atoms with Crippen LogP contribution in [0.4, 0.5) is 5.69 Å². The average molecular weight is 498 g/mol. The summed E-state index contributed by atoms with van der Waals surface area (Å²) in [7, 11) is 0. The number of ether oxygens (including phenoxy) is 2. The Balaban J connectivity index is 1.66. The van der Waals surface area contributed by atoms with Gasteiger partial charge in [-0.3, -0.25) is 14.5 Å². The summed E-state index contributed by atoms with van der Waals surface area (Å²) in [5, 5.41) is 0.450. The van der Waals surface area contributed by atoms with Crippen LogP contribution in [-0.4, -0.2) is 19.1 Å². The van der Waals surface area contributed by atoms with Crippen LogP contribution in [0, 0.1) is 6.92 Å². The molecule has 0 radical (unpaired) electrons. The largest absolute Gasteiger partial charge is 0.490 e. The Morgan fingerprint density at radius 2 is 1.68 bits per heavy atom. The van der Waals surface area contributed by atoms with Crippen LogP contribution in [0.5, 0.6) is 11.5 Å². The molecule has 0 N–H and O–H groups in total. The molecule has 0 aliphatic carbocycles. The van der Waals surface area contributed by atoms with E-state index >= 15 is 0 Å². The molecular formula is C31H31NO5. The average Bonchev–Trinajstić information content (AvgIpc) is 3.20. The van der Waals surface area contributed by atoms with E-state index in [-0.39, 0.29) is 17.1 Å². The minimum atomic E-state index is -0.667. The summed E-state index contributed by atoms with van der Waals surface area (Å²) in [5.74, 6) is 0.974. The predicted molar refractivity (Wildman–Crippen MR) is 145 cm³/mol. The van der Waals surface area contributed by atoms with Crippen LogP contribution in [-0.2, 0) is 0 Å². The third kappa shape index (κ3) is 4.59. The molecule has 190 valence electrons. The van der Waals surface area contributed by atoms with Gasteiger partial charge in [-0.25, -0.2) is 0 Å². The molecule has 0 fully saturated rings. The topological polar surface area (TPSA) is 69.0 Å². The first-order valence-corrected chi connectivity index (χ1v) is 12.9. The van der Waals surface area contributed by atoms with Gasteiger partial charge in [0.05, 0.1) is 30.2 Å². The second-order valence-electron chi connectivity index (χ2n) is 9.28. The molecule has 1 amide bonds. The summed E-state index contributed by atoms with van der Waals surface area (Å²) in [5.41, 5.74) is 3.04. The van der Waals surface area contributed by atoms with Gasteiger partial charge in [0.1, 0.15) is 5.58 Å². The highest BCUT2D eigenvalue weighted by molar-refractivity contribution is 6.10. The quantitative estimate of drug-likeness (QED) is 0.237. The summed E-state index contributed by atoms with van der Waals surface area (Å²) in [4.78, 5) is 29.2. The van der Waals surface area contributed by atoms with Crippen molar-refractivity contribution in [3.8, 4) is 11.5 Å². The SMILES string of the molecule is CCCCCOc1ccc(C2c3c(oc4ccccc4c3=O)C(=O)N2c2ccc(C)cc2)cc1OCC. The van der Waals surface area contributed by atoms with Crippen molar-refractivity contribution in [3.63, 3.8) is 0 Å². The number of fused-ring (bicyclic) bond motifs is 2. The predicted octanol–water partition coefficient (Wildman–Crippen LogP) is 6.82. The van der Waals surface area contributed by atoms with Crippen LogP contribution in [0.2, 0.25) is 0 Å². The number of anilines is 1. The number of amides is 1. The Bertz CT molecular complexity index is 1490. The number of rotatable bonds is 9. The van der Waals surface area contributed by atoms with Crippen LogP contribution in [0.3, 0.4) is 0 Å². The first-order chi connectivity index (χ1) is 18.0. The van der Waals surface area contributed by atoms with E-state index in [1.807, 2.05) is 56.3 Å². The fraction of sp³-hybridized carbons (Fsp3) is 0.290.